The van der Waals surface area contributed by atoms with Crippen molar-refractivity contribution in [2.24, 2.45) is 5.73 Å². The highest BCUT2D eigenvalue weighted by Crippen LogP contribution is 2.19. The molecule has 2 aromatic heterocycles. The van der Waals surface area contributed by atoms with Crippen molar-refractivity contribution in [1.82, 2.24) is 14.8 Å². The van der Waals surface area contributed by atoms with Crippen molar-refractivity contribution in [1.29, 1.82) is 0 Å². The van der Waals surface area contributed by atoms with E-state index in [-0.39, 0.29) is 11.5 Å². The van der Waals surface area contributed by atoms with Crippen molar-refractivity contribution in [3.8, 4) is 5.82 Å². The normalized spacial score (nSPS) is 10.8. The number of nitrogens with one attached hydrogen (secondary N) is 1. The van der Waals surface area contributed by atoms with Gasteiger partial charge in [0.25, 0.3) is 11.8 Å². The lowest BCUT2D eigenvalue weighted by Crippen LogP contribution is -2.18. The topological polar surface area (TPSA) is 103 Å². The van der Waals surface area contributed by atoms with Crippen molar-refractivity contribution in [2.45, 2.75) is 6.92 Å². The van der Waals surface area contributed by atoms with E-state index in [1.165, 1.54) is 6.20 Å². The number of pyridine rings is 1. The zero-order chi connectivity index (χ0) is 19.7. The Balaban J connectivity index is 1.66. The van der Waals surface area contributed by atoms with Gasteiger partial charge in [0.05, 0.1) is 34.2 Å². The molecule has 2 heterocycles. The largest absolute Gasteiger partial charge is 0.366 e. The van der Waals surface area contributed by atoms with Gasteiger partial charge < -0.3 is 11.1 Å². The number of para-hydroxylation sites is 2. The van der Waals surface area contributed by atoms with Gasteiger partial charge in [0, 0.05) is 5.39 Å². The second-order valence-corrected chi connectivity index (χ2v) is 6.28. The quantitative estimate of drug-likeness (QED) is 0.575. The van der Waals surface area contributed by atoms with Crippen molar-refractivity contribution in [2.75, 3.05) is 5.32 Å². The molecule has 4 rings (SSSR count). The van der Waals surface area contributed by atoms with Gasteiger partial charge in [-0.2, -0.15) is 5.10 Å². The average Bonchev–Trinajstić information content (AvgIpc) is 3.09. The summed E-state index contributed by atoms with van der Waals surface area (Å²) >= 11 is 0. The summed E-state index contributed by atoms with van der Waals surface area (Å²) in [5.41, 5.74) is 7.84. The Morgan fingerprint density at radius 1 is 0.964 bits per heavy atom. The van der Waals surface area contributed by atoms with Crippen LogP contribution in [0.25, 0.3) is 16.7 Å². The summed E-state index contributed by atoms with van der Waals surface area (Å²) in [6, 6.07) is 18.2. The van der Waals surface area contributed by atoms with E-state index in [2.05, 4.69) is 15.4 Å². The molecule has 0 radical (unpaired) electrons. The van der Waals surface area contributed by atoms with Crippen LogP contribution < -0.4 is 11.1 Å². The first-order valence-electron chi connectivity index (χ1n) is 8.65. The third-order valence-corrected chi connectivity index (χ3v) is 4.50. The van der Waals surface area contributed by atoms with Crippen molar-refractivity contribution < 1.29 is 9.59 Å². The lowest BCUT2D eigenvalue weighted by Gasteiger charge is -2.09. The van der Waals surface area contributed by atoms with Gasteiger partial charge >= 0.3 is 0 Å². The van der Waals surface area contributed by atoms with E-state index in [1.54, 1.807) is 35.9 Å². The van der Waals surface area contributed by atoms with Crippen molar-refractivity contribution in [3.05, 3.63) is 83.7 Å². The standard InChI is InChI=1S/C21H17N5O2/c1-13-16(21(28)25-18-9-5-3-7-15(18)20(22)27)12-23-26(13)19-11-10-14-6-2-4-8-17(14)24-19/h2-12H,1H3,(H2,22,27)(H,25,28). The maximum atomic E-state index is 12.7. The summed E-state index contributed by atoms with van der Waals surface area (Å²) in [6.45, 7) is 1.79. The van der Waals surface area contributed by atoms with Crippen LogP contribution in [0.3, 0.4) is 0 Å². The monoisotopic (exact) mass is 371 g/mol. The van der Waals surface area contributed by atoms with Gasteiger partial charge in [-0.25, -0.2) is 9.67 Å². The zero-order valence-electron chi connectivity index (χ0n) is 15.1. The number of aromatic nitrogens is 3. The maximum absolute atomic E-state index is 12.7. The number of benzene rings is 2. The Morgan fingerprint density at radius 3 is 2.54 bits per heavy atom. The molecule has 0 atom stereocenters. The number of carbonyl (C=O) groups is 2. The average molecular weight is 371 g/mol. The molecular weight excluding hydrogens is 354 g/mol. The summed E-state index contributed by atoms with van der Waals surface area (Å²) in [5.74, 6) is -0.366. The number of nitrogens with two attached hydrogens (primary N) is 1. The Labute approximate surface area is 160 Å². The number of carbonyl (C=O) groups excluding carboxylic acids is 2. The second-order valence-electron chi connectivity index (χ2n) is 6.28. The fraction of sp³-hybridized carbons (Fsp3) is 0.0476. The molecule has 28 heavy (non-hydrogen) atoms. The van der Waals surface area contributed by atoms with E-state index in [1.807, 2.05) is 36.4 Å². The van der Waals surface area contributed by atoms with E-state index < -0.39 is 5.91 Å². The summed E-state index contributed by atoms with van der Waals surface area (Å²) in [6.07, 6.45) is 1.48. The molecule has 0 aliphatic carbocycles. The van der Waals surface area contributed by atoms with E-state index in [4.69, 9.17) is 5.73 Å². The molecule has 4 aromatic rings. The minimum absolute atomic E-state index is 0.247. The molecule has 138 valence electrons. The molecule has 0 saturated heterocycles. The predicted octanol–water partition coefficient (Wildman–Crippen LogP) is 3.08. The predicted molar refractivity (Wildman–Crippen MR) is 107 cm³/mol. The van der Waals surface area contributed by atoms with Crippen LogP contribution in [0.15, 0.2) is 66.9 Å². The van der Waals surface area contributed by atoms with Crippen molar-refractivity contribution in [3.63, 3.8) is 0 Å². The maximum Gasteiger partial charge on any atom is 0.259 e. The molecule has 7 nitrogen and oxygen atoms in total. The molecule has 7 heteroatoms. The number of nitrogens with zero attached hydrogens (tertiary/aromatic N) is 3. The first-order chi connectivity index (χ1) is 13.5. The molecule has 3 N–H and O–H groups in total. The van der Waals surface area contributed by atoms with E-state index in [0.29, 0.717) is 22.8 Å². The Hall–Kier alpha value is -4.00. The number of anilines is 1. The smallest absolute Gasteiger partial charge is 0.259 e. The molecule has 2 amide bonds. The van der Waals surface area contributed by atoms with Crippen LogP contribution in [0, 0.1) is 6.92 Å². The number of hydrogen-bond acceptors (Lipinski definition) is 4. The van der Waals surface area contributed by atoms with Gasteiger partial charge in [-0.15, -0.1) is 0 Å². The van der Waals surface area contributed by atoms with Crippen LogP contribution in [0.2, 0.25) is 0 Å². The first kappa shape index (κ1) is 17.4. The van der Waals surface area contributed by atoms with Gasteiger partial charge in [0.1, 0.15) is 0 Å². The molecule has 0 aliphatic heterocycles. The van der Waals surface area contributed by atoms with Gasteiger partial charge in [0.15, 0.2) is 5.82 Å². The highest BCUT2D eigenvalue weighted by Gasteiger charge is 2.18. The molecule has 0 bridgehead atoms. The third-order valence-electron chi connectivity index (χ3n) is 4.50. The van der Waals surface area contributed by atoms with Crippen molar-refractivity contribution >= 4 is 28.4 Å². The Morgan fingerprint density at radius 2 is 1.71 bits per heavy atom. The summed E-state index contributed by atoms with van der Waals surface area (Å²) in [7, 11) is 0. The SMILES string of the molecule is Cc1c(C(=O)Nc2ccccc2C(N)=O)cnn1-c1ccc2ccccc2n1. The number of hydrogen-bond donors (Lipinski definition) is 2. The van der Waals surface area contributed by atoms with Gasteiger partial charge in [-0.05, 0) is 37.3 Å². The molecule has 0 spiro atoms. The summed E-state index contributed by atoms with van der Waals surface area (Å²) in [4.78, 5) is 28.9. The fourth-order valence-corrected chi connectivity index (χ4v) is 3.03. The fourth-order valence-electron chi connectivity index (χ4n) is 3.03. The highest BCUT2D eigenvalue weighted by molar-refractivity contribution is 6.09. The minimum atomic E-state index is -0.608. The Bertz CT molecular complexity index is 1210. The zero-order valence-corrected chi connectivity index (χ0v) is 15.1. The second kappa shape index (κ2) is 6.96. The molecule has 0 saturated carbocycles. The van der Waals surface area contributed by atoms with Crippen LogP contribution in [0.1, 0.15) is 26.4 Å². The number of primary amides is 1. The number of fused-ring (bicyclic) bond motifs is 1. The third kappa shape index (κ3) is 3.09. The van der Waals surface area contributed by atoms with Crippen LogP contribution in [0.4, 0.5) is 5.69 Å². The van der Waals surface area contributed by atoms with E-state index >= 15 is 0 Å². The van der Waals surface area contributed by atoms with Crippen LogP contribution in [-0.4, -0.2) is 26.6 Å². The van der Waals surface area contributed by atoms with Crippen LogP contribution >= 0.6 is 0 Å². The van der Waals surface area contributed by atoms with E-state index in [0.717, 1.165) is 10.9 Å². The molecule has 0 aliphatic rings. The number of amides is 2. The van der Waals surface area contributed by atoms with Gasteiger partial charge in [-0.1, -0.05) is 30.3 Å². The summed E-state index contributed by atoms with van der Waals surface area (Å²) in [5, 5.41) is 8.07. The van der Waals surface area contributed by atoms with Gasteiger partial charge in [-0.3, -0.25) is 9.59 Å². The lowest BCUT2D eigenvalue weighted by molar-refractivity contribution is 0.100. The number of rotatable bonds is 4. The van der Waals surface area contributed by atoms with Gasteiger partial charge in [0.2, 0.25) is 0 Å². The first-order valence-corrected chi connectivity index (χ1v) is 8.65. The highest BCUT2D eigenvalue weighted by atomic mass is 16.2. The Kier molecular flexibility index (Phi) is 4.33. The molecule has 0 unspecified atom stereocenters. The summed E-state index contributed by atoms with van der Waals surface area (Å²) < 4.78 is 1.61. The molecular formula is C21H17N5O2. The van der Waals surface area contributed by atoms with E-state index in [9.17, 15) is 9.59 Å². The molecule has 2 aromatic carbocycles. The van der Waals surface area contributed by atoms with Crippen LogP contribution in [0.5, 0.6) is 0 Å². The minimum Gasteiger partial charge on any atom is -0.366 e. The van der Waals surface area contributed by atoms with Crippen LogP contribution in [-0.2, 0) is 0 Å². The lowest BCUT2D eigenvalue weighted by atomic mass is 10.1. The molecule has 0 fully saturated rings.